The summed E-state index contributed by atoms with van der Waals surface area (Å²) in [6.45, 7) is 9.24. The van der Waals surface area contributed by atoms with E-state index in [-0.39, 0.29) is 0 Å². The highest BCUT2D eigenvalue weighted by Gasteiger charge is 2.09. The van der Waals surface area contributed by atoms with Crippen LogP contribution in [0.1, 0.15) is 45.4 Å². The fraction of sp³-hybridized carbons (Fsp3) is 0.714. The molecule has 0 radical (unpaired) electrons. The predicted octanol–water partition coefficient (Wildman–Crippen LogP) is 3.23. The topological polar surface area (TPSA) is 69.9 Å². The van der Waals surface area contributed by atoms with Gasteiger partial charge in [-0.05, 0) is 6.42 Å². The number of nitrogens with zero attached hydrogens (tertiary/aromatic N) is 3. The minimum Gasteiger partial charge on any atom is -0.359 e. The van der Waals surface area contributed by atoms with Crippen LogP contribution in [0.2, 0.25) is 0 Å². The van der Waals surface area contributed by atoms with Crippen molar-refractivity contribution in [3.63, 3.8) is 0 Å². The van der Waals surface area contributed by atoms with Crippen LogP contribution < -0.4 is 0 Å². The third-order valence-corrected chi connectivity index (χ3v) is 3.01. The molecule has 0 amide bonds. The van der Waals surface area contributed by atoms with Crippen molar-refractivity contribution in [1.29, 1.82) is 0 Å². The van der Waals surface area contributed by atoms with Gasteiger partial charge in [0.1, 0.15) is 0 Å². The lowest BCUT2D eigenvalue weighted by Crippen LogP contribution is -2.26. The van der Waals surface area contributed by atoms with Crippen molar-refractivity contribution in [3.8, 4) is 0 Å². The predicted molar refractivity (Wildman–Crippen MR) is 79.8 cm³/mol. The summed E-state index contributed by atoms with van der Waals surface area (Å²) in [7, 11) is 0. The first-order chi connectivity index (χ1) is 9.60. The van der Waals surface area contributed by atoms with Gasteiger partial charge in [0.25, 0.3) is 5.09 Å². The molecule has 1 aliphatic rings. The fourth-order valence-corrected chi connectivity index (χ4v) is 2.04. The Hall–Kier alpha value is -1.72. The molecule has 1 rings (SSSR count). The van der Waals surface area contributed by atoms with Crippen molar-refractivity contribution in [1.82, 2.24) is 9.80 Å². The maximum Gasteiger partial charge on any atom is 0.291 e. The van der Waals surface area contributed by atoms with Gasteiger partial charge in [-0.25, -0.2) is 0 Å². The molecular formula is C14H27N3O3. The molecule has 0 atom stereocenters. The van der Waals surface area contributed by atoms with Gasteiger partial charge in [0.2, 0.25) is 0 Å². The highest BCUT2D eigenvalue weighted by atomic mass is 16.9. The van der Waals surface area contributed by atoms with Crippen LogP contribution in [0.15, 0.2) is 25.1 Å². The van der Waals surface area contributed by atoms with Crippen LogP contribution >= 0.6 is 0 Å². The Morgan fingerprint density at radius 1 is 1.25 bits per heavy atom. The Labute approximate surface area is 121 Å². The average Bonchev–Trinajstić information content (AvgIpc) is 2.81. The van der Waals surface area contributed by atoms with Gasteiger partial charge in [0, 0.05) is 25.5 Å². The molecule has 0 bridgehead atoms. The largest absolute Gasteiger partial charge is 0.359 e. The second kappa shape index (κ2) is 12.3. The van der Waals surface area contributed by atoms with Crippen LogP contribution in [0.3, 0.4) is 0 Å². The minimum atomic E-state index is -1.50. The lowest BCUT2D eigenvalue weighted by Gasteiger charge is -2.19. The summed E-state index contributed by atoms with van der Waals surface area (Å²) < 4.78 is 0. The normalized spacial score (nSPS) is 13.1. The average molecular weight is 285 g/mol. The van der Waals surface area contributed by atoms with Crippen LogP contribution in [-0.4, -0.2) is 39.9 Å². The number of hydrogen-bond donors (Lipinski definition) is 1. The highest BCUT2D eigenvalue weighted by Crippen LogP contribution is 2.10. The molecule has 0 aliphatic carbocycles. The maximum atomic E-state index is 8.36. The third-order valence-electron chi connectivity index (χ3n) is 3.01. The Kier molecular flexibility index (Phi) is 11.3. The zero-order valence-electron chi connectivity index (χ0n) is 12.4. The van der Waals surface area contributed by atoms with Gasteiger partial charge in [-0.3, -0.25) is 0 Å². The van der Waals surface area contributed by atoms with Crippen LogP contribution in [0.25, 0.3) is 0 Å². The zero-order valence-corrected chi connectivity index (χ0v) is 12.4. The second-order valence-corrected chi connectivity index (χ2v) is 4.82. The maximum absolute atomic E-state index is 8.36. The van der Waals surface area contributed by atoms with E-state index >= 15 is 0 Å². The van der Waals surface area contributed by atoms with Crippen molar-refractivity contribution in [2.24, 2.45) is 0 Å². The molecule has 0 unspecified atom stereocenters. The molecule has 0 fully saturated rings. The molecule has 1 N–H and O–H groups in total. The van der Waals surface area contributed by atoms with Gasteiger partial charge in [-0.15, -0.1) is 16.7 Å². The van der Waals surface area contributed by atoms with Gasteiger partial charge in [0.05, 0.1) is 6.67 Å². The lowest BCUT2D eigenvalue weighted by atomic mass is 10.1. The van der Waals surface area contributed by atoms with E-state index < -0.39 is 5.09 Å². The van der Waals surface area contributed by atoms with E-state index in [4.69, 9.17) is 15.3 Å². The standard InChI is InChI=1S/C14H26N2.HNO3/c1-3-5-6-7-8-9-11-16-13-12-15(14-16)10-4-2;2-1(3)4/h4,12-13H,2-3,5-11,14H2,1H3;(H,2,3,4). The molecule has 0 saturated heterocycles. The molecular weight excluding hydrogens is 258 g/mol. The first kappa shape index (κ1) is 18.3. The van der Waals surface area contributed by atoms with Crippen molar-refractivity contribution >= 4 is 0 Å². The third kappa shape index (κ3) is 11.4. The van der Waals surface area contributed by atoms with E-state index in [0.29, 0.717) is 0 Å². The second-order valence-electron chi connectivity index (χ2n) is 4.82. The van der Waals surface area contributed by atoms with Crippen molar-refractivity contribution in [2.45, 2.75) is 45.4 Å². The van der Waals surface area contributed by atoms with Gasteiger partial charge < -0.3 is 15.0 Å². The van der Waals surface area contributed by atoms with Crippen LogP contribution in [0.4, 0.5) is 0 Å². The van der Waals surface area contributed by atoms with E-state index in [2.05, 4.69) is 35.7 Å². The van der Waals surface area contributed by atoms with E-state index in [0.717, 1.165) is 13.2 Å². The molecule has 1 aliphatic heterocycles. The molecule has 0 aromatic rings. The SMILES string of the molecule is C=CCN1C=CN(CCCCCCCC)C1.O=[N+]([O-])O. The van der Waals surface area contributed by atoms with Crippen LogP contribution in [-0.2, 0) is 0 Å². The molecule has 0 aromatic heterocycles. The molecule has 116 valence electrons. The lowest BCUT2D eigenvalue weighted by molar-refractivity contribution is -0.742. The Morgan fingerprint density at radius 3 is 2.40 bits per heavy atom. The fourth-order valence-electron chi connectivity index (χ4n) is 2.04. The van der Waals surface area contributed by atoms with E-state index in [1.165, 1.54) is 45.1 Å². The van der Waals surface area contributed by atoms with Gasteiger partial charge in [0.15, 0.2) is 0 Å². The molecule has 6 nitrogen and oxygen atoms in total. The van der Waals surface area contributed by atoms with Gasteiger partial charge in [-0.2, -0.15) is 0 Å². The summed E-state index contributed by atoms with van der Waals surface area (Å²) in [4.78, 5) is 13.0. The van der Waals surface area contributed by atoms with E-state index in [1.807, 2.05) is 6.08 Å². The quantitative estimate of drug-likeness (QED) is 0.305. The van der Waals surface area contributed by atoms with Crippen molar-refractivity contribution in [3.05, 3.63) is 35.2 Å². The summed E-state index contributed by atoms with van der Waals surface area (Å²) in [5.41, 5.74) is 0. The Morgan fingerprint density at radius 2 is 1.80 bits per heavy atom. The minimum absolute atomic E-state index is 0.962. The first-order valence-electron chi connectivity index (χ1n) is 7.20. The molecule has 0 saturated carbocycles. The molecule has 6 heteroatoms. The summed E-state index contributed by atoms with van der Waals surface area (Å²) >= 11 is 0. The number of rotatable bonds is 9. The Balaban J connectivity index is 0.000000796. The molecule has 20 heavy (non-hydrogen) atoms. The summed E-state index contributed by atoms with van der Waals surface area (Å²) in [6, 6.07) is 0. The van der Waals surface area contributed by atoms with Crippen molar-refractivity contribution in [2.75, 3.05) is 19.8 Å². The summed E-state index contributed by atoms with van der Waals surface area (Å²) in [5.74, 6) is 0. The molecule has 0 aromatic carbocycles. The molecule has 1 heterocycles. The van der Waals surface area contributed by atoms with Crippen LogP contribution in [0, 0.1) is 10.1 Å². The summed E-state index contributed by atoms with van der Waals surface area (Å²) in [6.07, 6.45) is 14.6. The number of hydrogen-bond acceptors (Lipinski definition) is 4. The van der Waals surface area contributed by atoms with Crippen LogP contribution in [0.5, 0.6) is 0 Å². The Bertz CT molecular complexity index is 291. The summed E-state index contributed by atoms with van der Waals surface area (Å²) in [5, 5.41) is 13.6. The zero-order chi connectivity index (χ0) is 15.2. The smallest absolute Gasteiger partial charge is 0.291 e. The van der Waals surface area contributed by atoms with Gasteiger partial charge >= 0.3 is 0 Å². The number of unbranched alkanes of at least 4 members (excludes halogenated alkanes) is 5. The first-order valence-corrected chi connectivity index (χ1v) is 7.20. The highest BCUT2D eigenvalue weighted by molar-refractivity contribution is 4.92. The monoisotopic (exact) mass is 285 g/mol. The molecule has 0 spiro atoms. The van der Waals surface area contributed by atoms with Gasteiger partial charge in [-0.1, -0.05) is 45.1 Å². The van der Waals surface area contributed by atoms with Crippen molar-refractivity contribution < 1.29 is 10.3 Å². The van der Waals surface area contributed by atoms with E-state index in [1.54, 1.807) is 0 Å². The van der Waals surface area contributed by atoms with E-state index in [9.17, 15) is 0 Å².